The summed E-state index contributed by atoms with van der Waals surface area (Å²) in [5.41, 5.74) is -0.259. The summed E-state index contributed by atoms with van der Waals surface area (Å²) in [7, 11) is -7.73. The lowest BCUT2D eigenvalue weighted by atomic mass is 9.95. The van der Waals surface area contributed by atoms with Crippen LogP contribution >= 0.6 is 0 Å². The van der Waals surface area contributed by atoms with Crippen molar-refractivity contribution < 1.29 is 26.0 Å². The van der Waals surface area contributed by atoms with Gasteiger partial charge in [0.2, 0.25) is 26.0 Å². The number of nitrogens with zero attached hydrogens (tertiary/aromatic N) is 1. The molecule has 1 heterocycles. The summed E-state index contributed by atoms with van der Waals surface area (Å²) in [6.45, 7) is 4.63. The Hall–Kier alpha value is -2.30. The Labute approximate surface area is 176 Å². The Morgan fingerprint density at radius 3 is 2.40 bits per heavy atom. The molecule has 0 radical (unpaired) electrons. The molecule has 0 aliphatic carbocycles. The molecule has 1 N–H and O–H groups in total. The number of rotatable bonds is 6. The maximum absolute atomic E-state index is 13.7. The van der Waals surface area contributed by atoms with Crippen LogP contribution in [0.4, 0.5) is 10.1 Å². The van der Waals surface area contributed by atoms with Crippen molar-refractivity contribution >= 4 is 31.6 Å². The van der Waals surface area contributed by atoms with Crippen LogP contribution in [0.2, 0.25) is 0 Å². The van der Waals surface area contributed by atoms with Crippen LogP contribution in [-0.4, -0.2) is 35.0 Å². The number of carbonyl (C=O) groups is 1. The molecule has 2 aromatic rings. The largest absolute Gasteiger partial charge is 0.273 e. The van der Waals surface area contributed by atoms with E-state index in [0.717, 1.165) is 4.31 Å². The van der Waals surface area contributed by atoms with Crippen molar-refractivity contribution in [3.63, 3.8) is 0 Å². The van der Waals surface area contributed by atoms with Gasteiger partial charge >= 0.3 is 0 Å². The van der Waals surface area contributed by atoms with E-state index in [4.69, 9.17) is 0 Å². The van der Waals surface area contributed by atoms with Gasteiger partial charge in [0.1, 0.15) is 5.82 Å². The van der Waals surface area contributed by atoms with Gasteiger partial charge in [0.15, 0.2) is 0 Å². The van der Waals surface area contributed by atoms with Crippen LogP contribution in [0.15, 0.2) is 47.4 Å². The molecule has 7 nitrogen and oxygen atoms in total. The van der Waals surface area contributed by atoms with Crippen molar-refractivity contribution in [2.24, 2.45) is 5.41 Å². The molecular formula is C20H23FN2O5S2. The number of halogens is 1. The second kappa shape index (κ2) is 7.75. The maximum atomic E-state index is 13.7. The Kier molecular flexibility index (Phi) is 5.78. The molecule has 3 rings (SSSR count). The van der Waals surface area contributed by atoms with Gasteiger partial charge < -0.3 is 0 Å². The number of nitrogens with one attached hydrogen (secondary N) is 1. The van der Waals surface area contributed by atoms with Gasteiger partial charge in [-0.1, -0.05) is 18.2 Å². The minimum absolute atomic E-state index is 0.00234. The third-order valence-electron chi connectivity index (χ3n) is 4.91. The quantitative estimate of drug-likeness (QED) is 0.722. The molecule has 2 aromatic carbocycles. The minimum Gasteiger partial charge on any atom is -0.273 e. The number of amides is 1. The molecule has 0 bridgehead atoms. The van der Waals surface area contributed by atoms with Crippen LogP contribution in [0, 0.1) is 18.2 Å². The lowest BCUT2D eigenvalue weighted by molar-refractivity contribution is -0.123. The summed E-state index contributed by atoms with van der Waals surface area (Å²) in [6, 6.07) is 10.0. The number of benzene rings is 2. The molecule has 0 unspecified atom stereocenters. The fourth-order valence-corrected chi connectivity index (χ4v) is 6.78. The highest BCUT2D eigenvalue weighted by molar-refractivity contribution is 7.94. The first-order valence-electron chi connectivity index (χ1n) is 9.26. The number of hydrogen-bond donors (Lipinski definition) is 1. The lowest BCUT2D eigenvalue weighted by Crippen LogP contribution is -2.33. The first kappa shape index (κ1) is 22.4. The second-order valence-electron chi connectivity index (χ2n) is 7.90. The molecular weight excluding hydrogens is 431 g/mol. The number of aryl methyl sites for hydroxylation is 1. The standard InChI is InChI=1S/C20H23FN2O5S2/c1-14-12-16(23-19(24)20(2,3)13-29(23,25)26)8-9-18(14)30(27,28)22-11-10-15-6-4-5-7-17(15)21/h4-9,12,22H,10-11,13H2,1-3H3. The van der Waals surface area contributed by atoms with Gasteiger partial charge in [-0.25, -0.2) is 30.3 Å². The average molecular weight is 455 g/mol. The highest BCUT2D eigenvalue weighted by Gasteiger charge is 2.50. The van der Waals surface area contributed by atoms with Crippen LogP contribution in [-0.2, 0) is 31.3 Å². The van der Waals surface area contributed by atoms with E-state index in [1.54, 1.807) is 32.0 Å². The Bertz CT molecular complexity index is 1210. The topological polar surface area (TPSA) is 101 Å². The van der Waals surface area contributed by atoms with Crippen LogP contribution in [0.1, 0.15) is 25.0 Å². The molecule has 0 spiro atoms. The lowest BCUT2D eigenvalue weighted by Gasteiger charge is -2.19. The molecule has 0 aromatic heterocycles. The number of anilines is 1. The first-order chi connectivity index (χ1) is 13.8. The van der Waals surface area contributed by atoms with Gasteiger partial charge in [-0.15, -0.1) is 0 Å². The Balaban J connectivity index is 1.81. The Morgan fingerprint density at radius 2 is 1.83 bits per heavy atom. The second-order valence-corrected chi connectivity index (χ2v) is 11.5. The normalized spacial score (nSPS) is 18.0. The predicted molar refractivity (Wildman–Crippen MR) is 112 cm³/mol. The van der Waals surface area contributed by atoms with E-state index in [1.807, 2.05) is 0 Å². The van der Waals surface area contributed by atoms with E-state index >= 15 is 0 Å². The SMILES string of the molecule is Cc1cc(N2C(=O)C(C)(C)CS2(=O)=O)ccc1S(=O)(=O)NCCc1ccccc1F. The first-order valence-corrected chi connectivity index (χ1v) is 12.4. The molecule has 1 aliphatic rings. The molecule has 1 amide bonds. The van der Waals surface area contributed by atoms with Crippen molar-refractivity contribution in [3.05, 3.63) is 59.4 Å². The third-order valence-corrected chi connectivity index (χ3v) is 8.55. The third kappa shape index (κ3) is 4.26. The summed E-state index contributed by atoms with van der Waals surface area (Å²) in [5.74, 6) is -1.27. The molecule has 1 saturated heterocycles. The van der Waals surface area contributed by atoms with Gasteiger partial charge in [-0.2, -0.15) is 0 Å². The van der Waals surface area contributed by atoms with E-state index in [0.29, 0.717) is 11.1 Å². The molecule has 0 saturated carbocycles. The van der Waals surface area contributed by atoms with E-state index in [2.05, 4.69) is 4.72 Å². The van der Waals surface area contributed by atoms with Crippen molar-refractivity contribution in [2.75, 3.05) is 16.6 Å². The average Bonchev–Trinajstić information content (AvgIpc) is 2.78. The molecule has 10 heteroatoms. The number of hydrogen-bond acceptors (Lipinski definition) is 5. The predicted octanol–water partition coefficient (Wildman–Crippen LogP) is 2.36. The monoisotopic (exact) mass is 454 g/mol. The van der Waals surface area contributed by atoms with E-state index in [9.17, 15) is 26.0 Å². The summed E-state index contributed by atoms with van der Waals surface area (Å²) in [6.07, 6.45) is 0.179. The summed E-state index contributed by atoms with van der Waals surface area (Å²) >= 11 is 0. The van der Waals surface area contributed by atoms with Gasteiger partial charge in [0, 0.05) is 6.54 Å². The molecule has 0 atom stereocenters. The van der Waals surface area contributed by atoms with Crippen LogP contribution < -0.4 is 9.03 Å². The van der Waals surface area contributed by atoms with Gasteiger partial charge in [-0.3, -0.25) is 4.79 Å². The smallest absolute Gasteiger partial charge is 0.247 e. The van der Waals surface area contributed by atoms with Gasteiger partial charge in [-0.05, 0) is 62.6 Å². The fraction of sp³-hybridized carbons (Fsp3) is 0.350. The van der Waals surface area contributed by atoms with Crippen molar-refractivity contribution in [2.45, 2.75) is 32.1 Å². The zero-order valence-corrected chi connectivity index (χ0v) is 18.5. The number of carbonyl (C=O) groups excluding carboxylic acids is 1. The van der Waals surface area contributed by atoms with Crippen molar-refractivity contribution in [3.8, 4) is 0 Å². The van der Waals surface area contributed by atoms with Gasteiger partial charge in [0.05, 0.1) is 21.8 Å². The van der Waals surface area contributed by atoms with Gasteiger partial charge in [0.25, 0.3) is 0 Å². The summed E-state index contributed by atoms with van der Waals surface area (Å²) in [5, 5.41) is 0. The minimum atomic E-state index is -3.90. The Morgan fingerprint density at radius 1 is 1.17 bits per heavy atom. The van der Waals surface area contributed by atoms with E-state index in [1.165, 1.54) is 31.2 Å². The van der Waals surface area contributed by atoms with E-state index < -0.39 is 37.2 Å². The van der Waals surface area contributed by atoms with Crippen molar-refractivity contribution in [1.29, 1.82) is 0 Å². The zero-order valence-electron chi connectivity index (χ0n) is 16.8. The highest BCUT2D eigenvalue weighted by atomic mass is 32.2. The molecule has 1 fully saturated rings. The zero-order chi connectivity index (χ0) is 22.3. The van der Waals surface area contributed by atoms with Crippen LogP contribution in [0.25, 0.3) is 0 Å². The maximum Gasteiger partial charge on any atom is 0.247 e. The molecule has 162 valence electrons. The molecule has 30 heavy (non-hydrogen) atoms. The van der Waals surface area contributed by atoms with Crippen LogP contribution in [0.3, 0.4) is 0 Å². The van der Waals surface area contributed by atoms with Crippen LogP contribution in [0.5, 0.6) is 0 Å². The summed E-state index contributed by atoms with van der Waals surface area (Å²) < 4.78 is 67.0. The fourth-order valence-electron chi connectivity index (χ4n) is 3.42. The van der Waals surface area contributed by atoms with Crippen molar-refractivity contribution in [1.82, 2.24) is 4.72 Å². The number of sulfonamides is 2. The highest BCUT2D eigenvalue weighted by Crippen LogP contribution is 2.36. The summed E-state index contributed by atoms with van der Waals surface area (Å²) in [4.78, 5) is 12.5. The molecule has 1 aliphatic heterocycles. The van der Waals surface area contributed by atoms with E-state index in [-0.39, 0.29) is 29.3 Å².